The van der Waals surface area contributed by atoms with E-state index in [4.69, 9.17) is 9.47 Å². The van der Waals surface area contributed by atoms with Gasteiger partial charge in [-0.2, -0.15) is 0 Å². The van der Waals surface area contributed by atoms with Crippen LogP contribution in [0.25, 0.3) is 0 Å². The fourth-order valence-corrected chi connectivity index (χ4v) is 5.81. The lowest BCUT2D eigenvalue weighted by Gasteiger charge is -2.35. The van der Waals surface area contributed by atoms with Gasteiger partial charge in [0.1, 0.15) is 23.7 Å². The summed E-state index contributed by atoms with van der Waals surface area (Å²) in [4.78, 5) is 56.2. The maximum atomic E-state index is 13.9. The smallest absolute Gasteiger partial charge is 0.313 e. The van der Waals surface area contributed by atoms with Crippen LogP contribution in [0.15, 0.2) is 24.3 Å². The fourth-order valence-electron chi connectivity index (χ4n) is 5.81. The number of nitrogens with zero attached hydrogens (tertiary/aromatic N) is 2. The number of β-amino-alcohol motifs (C(OH)–C–C–N with tert-alkyl or cyclic N) is 1. The van der Waals surface area contributed by atoms with E-state index >= 15 is 0 Å². The van der Waals surface area contributed by atoms with Crippen LogP contribution >= 0.6 is 0 Å². The summed E-state index contributed by atoms with van der Waals surface area (Å²) in [5, 5.41) is 12.5. The van der Waals surface area contributed by atoms with Gasteiger partial charge in [0.2, 0.25) is 17.7 Å². The Morgan fingerprint density at radius 2 is 1.94 bits per heavy atom. The second kappa shape index (κ2) is 11.1. The van der Waals surface area contributed by atoms with Crippen molar-refractivity contribution < 1.29 is 33.8 Å². The molecule has 198 valence electrons. The lowest BCUT2D eigenvalue weighted by molar-refractivity contribution is -0.158. The van der Waals surface area contributed by atoms with Crippen molar-refractivity contribution in [1.82, 2.24) is 15.1 Å². The van der Waals surface area contributed by atoms with Gasteiger partial charge in [-0.3, -0.25) is 19.2 Å². The third-order valence-electron chi connectivity index (χ3n) is 7.49. The standard InChI is InChI=1S/C26H37N3O7/c1-3-4-7-12-28-13-8-11-26-21(23(32)29(14-15-30)22(26)24(28)33)20-18(36-26)9-5-6-10-19(31)27-16-17(2)35-25(20)34/h5,8-9,11,17-18,20-22,30H,3-4,6-7,10,12-16H2,1-2H3,(H,27,31)/b9-5-/t17-,18-,20+,21+,22-,26+/m1/s1. The third kappa shape index (κ3) is 4.80. The van der Waals surface area contributed by atoms with Crippen molar-refractivity contribution in [2.24, 2.45) is 11.8 Å². The zero-order valence-electron chi connectivity index (χ0n) is 21.1. The van der Waals surface area contributed by atoms with Crippen LogP contribution in [-0.2, 0) is 28.7 Å². The van der Waals surface area contributed by atoms with Gasteiger partial charge in [0.05, 0.1) is 25.2 Å². The van der Waals surface area contributed by atoms with E-state index in [0.29, 0.717) is 19.5 Å². The highest BCUT2D eigenvalue weighted by molar-refractivity contribution is 5.99. The molecule has 10 nitrogen and oxygen atoms in total. The number of likely N-dealkylation sites (tertiary alicyclic amines) is 1. The van der Waals surface area contributed by atoms with Crippen molar-refractivity contribution in [1.29, 1.82) is 0 Å². The summed E-state index contributed by atoms with van der Waals surface area (Å²) in [7, 11) is 0. The summed E-state index contributed by atoms with van der Waals surface area (Å²) in [5.41, 5.74) is -1.35. The molecule has 3 amide bonds. The normalized spacial score (nSPS) is 35.7. The first-order chi connectivity index (χ1) is 17.3. The molecule has 0 aromatic carbocycles. The van der Waals surface area contributed by atoms with E-state index in [2.05, 4.69) is 12.2 Å². The van der Waals surface area contributed by atoms with Crippen LogP contribution in [-0.4, -0.2) is 95.2 Å². The Morgan fingerprint density at radius 1 is 1.14 bits per heavy atom. The lowest BCUT2D eigenvalue weighted by Crippen LogP contribution is -2.55. The Kier molecular flexibility index (Phi) is 8.14. The minimum absolute atomic E-state index is 0.0296. The zero-order valence-corrected chi connectivity index (χ0v) is 21.1. The molecule has 36 heavy (non-hydrogen) atoms. The average Bonchev–Trinajstić information content (AvgIpc) is 3.22. The van der Waals surface area contributed by atoms with Gasteiger partial charge in [-0.25, -0.2) is 0 Å². The number of amides is 3. The van der Waals surface area contributed by atoms with E-state index in [1.807, 2.05) is 6.08 Å². The highest BCUT2D eigenvalue weighted by atomic mass is 16.6. The van der Waals surface area contributed by atoms with Crippen LogP contribution in [0.2, 0.25) is 0 Å². The van der Waals surface area contributed by atoms with Crippen LogP contribution in [0.5, 0.6) is 0 Å². The van der Waals surface area contributed by atoms with Crippen molar-refractivity contribution in [3.05, 3.63) is 24.3 Å². The van der Waals surface area contributed by atoms with Crippen LogP contribution < -0.4 is 5.32 Å². The highest BCUT2D eigenvalue weighted by Crippen LogP contribution is 2.53. The molecular formula is C26H37N3O7. The second-order valence-electron chi connectivity index (χ2n) is 10.0. The number of fused-ring (bicyclic) bond motifs is 2. The SMILES string of the molecule is CCCCCN1CC=C[C@]23O[C@@H]4/C=C\CCC(=O)NC[C@@H](C)OC(=O)[C@@H]4[C@H]2C(=O)N(CCO)[C@@H]3C1=O. The second-order valence-corrected chi connectivity index (χ2v) is 10.0. The quantitative estimate of drug-likeness (QED) is 0.308. The number of allylic oxidation sites excluding steroid dienone is 1. The van der Waals surface area contributed by atoms with E-state index < -0.39 is 47.6 Å². The van der Waals surface area contributed by atoms with Gasteiger partial charge in [0.25, 0.3) is 0 Å². The van der Waals surface area contributed by atoms with Gasteiger partial charge in [-0.05, 0) is 19.8 Å². The first-order valence-corrected chi connectivity index (χ1v) is 13.0. The predicted octanol–water partition coefficient (Wildman–Crippen LogP) is 0.546. The third-order valence-corrected chi connectivity index (χ3v) is 7.49. The number of aliphatic hydroxyl groups is 1. The molecule has 4 aliphatic heterocycles. The summed E-state index contributed by atoms with van der Waals surface area (Å²) >= 11 is 0. The van der Waals surface area contributed by atoms with Crippen LogP contribution in [0.1, 0.15) is 46.0 Å². The molecule has 4 rings (SSSR count). The van der Waals surface area contributed by atoms with Crippen molar-refractivity contribution in [2.75, 3.05) is 32.8 Å². The highest BCUT2D eigenvalue weighted by Gasteiger charge is 2.71. The number of nitrogens with one attached hydrogen (secondary N) is 1. The van der Waals surface area contributed by atoms with Crippen LogP contribution in [0, 0.1) is 11.8 Å². The number of hydrogen-bond donors (Lipinski definition) is 2. The summed E-state index contributed by atoms with van der Waals surface area (Å²) in [6.07, 6.45) is 9.30. The molecule has 0 unspecified atom stereocenters. The Bertz CT molecular complexity index is 934. The fraction of sp³-hybridized carbons (Fsp3) is 0.692. The molecule has 0 bridgehead atoms. The molecule has 0 radical (unpaired) electrons. The predicted molar refractivity (Wildman–Crippen MR) is 129 cm³/mol. The summed E-state index contributed by atoms with van der Waals surface area (Å²) in [5.74, 6) is -3.29. The zero-order chi connectivity index (χ0) is 25.9. The summed E-state index contributed by atoms with van der Waals surface area (Å²) in [6, 6.07) is -0.979. The van der Waals surface area contributed by atoms with E-state index in [1.54, 1.807) is 30.1 Å². The maximum absolute atomic E-state index is 13.9. The minimum Gasteiger partial charge on any atom is -0.460 e. The summed E-state index contributed by atoms with van der Waals surface area (Å²) < 4.78 is 12.2. The van der Waals surface area contributed by atoms with E-state index in [1.165, 1.54) is 4.90 Å². The number of ether oxygens (including phenoxy) is 2. The topological polar surface area (TPSA) is 125 Å². The van der Waals surface area contributed by atoms with Gasteiger partial charge >= 0.3 is 5.97 Å². The number of hydrogen-bond acceptors (Lipinski definition) is 7. The molecule has 2 saturated heterocycles. The number of unbranched alkanes of at least 4 members (excludes halogenated alkanes) is 2. The molecule has 10 heteroatoms. The largest absolute Gasteiger partial charge is 0.460 e. The van der Waals surface area contributed by atoms with Crippen molar-refractivity contribution in [2.45, 2.75) is 69.8 Å². The first kappa shape index (κ1) is 26.3. The van der Waals surface area contributed by atoms with Crippen LogP contribution in [0.4, 0.5) is 0 Å². The number of carbonyl (C=O) groups excluding carboxylic acids is 4. The summed E-state index contributed by atoms with van der Waals surface area (Å²) in [6.45, 7) is 4.55. The van der Waals surface area contributed by atoms with E-state index in [9.17, 15) is 24.3 Å². The first-order valence-electron chi connectivity index (χ1n) is 13.0. The monoisotopic (exact) mass is 503 g/mol. The number of rotatable bonds is 6. The van der Waals surface area contributed by atoms with Gasteiger partial charge in [-0.15, -0.1) is 0 Å². The number of carbonyl (C=O) groups is 4. The van der Waals surface area contributed by atoms with Crippen molar-refractivity contribution in [3.8, 4) is 0 Å². The van der Waals surface area contributed by atoms with E-state index in [-0.39, 0.29) is 37.9 Å². The van der Waals surface area contributed by atoms with Crippen molar-refractivity contribution >= 4 is 23.7 Å². The Balaban J connectivity index is 1.73. The molecule has 0 aliphatic carbocycles. The van der Waals surface area contributed by atoms with E-state index in [0.717, 1.165) is 19.3 Å². The lowest BCUT2D eigenvalue weighted by atomic mass is 9.78. The van der Waals surface area contributed by atoms with Crippen LogP contribution in [0.3, 0.4) is 0 Å². The molecule has 0 aromatic heterocycles. The average molecular weight is 504 g/mol. The molecule has 2 N–H and O–H groups in total. The molecule has 4 aliphatic rings. The molecular weight excluding hydrogens is 466 g/mol. The molecule has 1 spiro atoms. The number of cyclic esters (lactones) is 1. The molecule has 6 atom stereocenters. The molecule has 2 fully saturated rings. The van der Waals surface area contributed by atoms with Gasteiger partial charge in [0.15, 0.2) is 0 Å². The molecule has 0 aromatic rings. The Labute approximate surface area is 211 Å². The van der Waals surface area contributed by atoms with Gasteiger partial charge < -0.3 is 29.7 Å². The molecule has 0 saturated carbocycles. The van der Waals surface area contributed by atoms with Gasteiger partial charge in [-0.1, -0.05) is 44.1 Å². The Hall–Kier alpha value is -2.72. The Morgan fingerprint density at radius 3 is 2.69 bits per heavy atom. The van der Waals surface area contributed by atoms with Gasteiger partial charge in [0, 0.05) is 26.1 Å². The maximum Gasteiger partial charge on any atom is 0.313 e. The number of aliphatic hydroxyl groups excluding tert-OH is 1. The van der Waals surface area contributed by atoms with Crippen molar-refractivity contribution in [3.63, 3.8) is 0 Å². The number of esters is 1. The minimum atomic E-state index is -1.35. The molecule has 4 heterocycles.